The molecule has 0 aromatic rings. The zero-order valence-corrected chi connectivity index (χ0v) is 29.1. The molecular weight excluding hydrogens is 600 g/mol. The fraction of sp³-hybridized carbons (Fsp3) is 0.871. The highest BCUT2D eigenvalue weighted by Crippen LogP contribution is 2.84. The van der Waals surface area contributed by atoms with E-state index in [0.29, 0.717) is 19.5 Å². The van der Waals surface area contributed by atoms with Gasteiger partial charge in [0.1, 0.15) is 12.1 Å². The number of nitrogens with one attached hydrogen (secondary N) is 3. The minimum Gasteiger partial charge on any atom is -0.381 e. The summed E-state index contributed by atoms with van der Waals surface area (Å²) in [5.74, 6) is -1.62. The van der Waals surface area contributed by atoms with Crippen molar-refractivity contribution in [3.05, 3.63) is 0 Å². The van der Waals surface area contributed by atoms with Gasteiger partial charge in [-0.25, -0.2) is 17.5 Å². The lowest BCUT2D eigenvalue weighted by Gasteiger charge is -2.42. The van der Waals surface area contributed by atoms with Gasteiger partial charge in [0.05, 0.1) is 12.3 Å². The highest BCUT2D eigenvalue weighted by Gasteiger charge is 2.87. The summed E-state index contributed by atoms with van der Waals surface area (Å²) < 4.78 is 26.1. The van der Waals surface area contributed by atoms with Crippen LogP contribution in [0, 0.1) is 27.6 Å². The van der Waals surface area contributed by atoms with Crippen molar-refractivity contribution in [2.45, 2.75) is 117 Å². The van der Waals surface area contributed by atoms with Crippen molar-refractivity contribution >= 4 is 33.8 Å². The number of aliphatic hydroxyl groups is 1. The summed E-state index contributed by atoms with van der Waals surface area (Å²) in [5, 5.41) is 19.2. The number of rotatable bonds is 9. The van der Waals surface area contributed by atoms with E-state index >= 15 is 0 Å². The predicted molar refractivity (Wildman–Crippen MR) is 169 cm³/mol. The average molecular weight is 655 g/mol. The van der Waals surface area contributed by atoms with Gasteiger partial charge in [0.15, 0.2) is 6.10 Å². The van der Waals surface area contributed by atoms with E-state index < -0.39 is 79.8 Å². The molecule has 45 heavy (non-hydrogen) atoms. The Morgan fingerprint density at radius 3 is 2.00 bits per heavy atom. The van der Waals surface area contributed by atoms with Gasteiger partial charge in [-0.05, 0) is 50.4 Å². The number of primary amides is 1. The van der Waals surface area contributed by atoms with E-state index in [1.54, 1.807) is 0 Å². The largest absolute Gasteiger partial charge is 0.381 e. The summed E-state index contributed by atoms with van der Waals surface area (Å²) in [6.07, 6.45) is 3.16. The molecule has 2 unspecified atom stereocenters. The van der Waals surface area contributed by atoms with Crippen molar-refractivity contribution < 1.29 is 32.7 Å². The molecule has 5 atom stereocenters. The van der Waals surface area contributed by atoms with E-state index in [2.05, 4.69) is 29.8 Å². The highest BCUT2D eigenvalue weighted by molar-refractivity contribution is 7.88. The molecule has 2 heterocycles. The van der Waals surface area contributed by atoms with Crippen LogP contribution in [0.1, 0.15) is 87.5 Å². The van der Waals surface area contributed by atoms with E-state index in [0.717, 1.165) is 19.3 Å². The van der Waals surface area contributed by atoms with E-state index in [9.17, 15) is 32.7 Å². The standard InChI is InChI=1S/C31H54N6O7S/c1-27(2,3)22(34-26(42)35-28(4,5)6)25(41)37-17-30(29(7,8)31(30)15-36(16-31)45(9,43)44)14-20(37)24(40)33-19(21(38)23(32)39)13-18-11-10-12-18/h18-22,38H,10-17H2,1-9H3,(H2,32,39)(H,33,40)(H2,34,35,42)/t19?,20-,21?,22+,30+/m0/s1. The van der Waals surface area contributed by atoms with Gasteiger partial charge in [-0.15, -0.1) is 0 Å². The first-order chi connectivity index (χ1) is 20.4. The van der Waals surface area contributed by atoms with Crippen LogP contribution in [-0.2, 0) is 24.4 Å². The van der Waals surface area contributed by atoms with E-state index in [1.165, 1.54) is 15.5 Å². The first-order valence-corrected chi connectivity index (χ1v) is 17.8. The summed E-state index contributed by atoms with van der Waals surface area (Å²) in [5.41, 5.74) is 2.80. The number of likely N-dealkylation sites (tertiary alicyclic amines) is 1. The molecule has 2 saturated carbocycles. The van der Waals surface area contributed by atoms with Gasteiger partial charge in [0, 0.05) is 36.0 Å². The molecule has 256 valence electrons. The molecule has 4 fully saturated rings. The highest BCUT2D eigenvalue weighted by atomic mass is 32.2. The smallest absolute Gasteiger partial charge is 0.315 e. The molecule has 0 aromatic heterocycles. The van der Waals surface area contributed by atoms with Crippen LogP contribution in [0.3, 0.4) is 0 Å². The Hall–Kier alpha value is -2.45. The minimum absolute atomic E-state index is 0.204. The van der Waals surface area contributed by atoms with Crippen LogP contribution >= 0.6 is 0 Å². The van der Waals surface area contributed by atoms with E-state index in [4.69, 9.17) is 5.73 Å². The maximum atomic E-state index is 14.5. The summed E-state index contributed by atoms with van der Waals surface area (Å²) in [6.45, 7) is 15.9. The fourth-order valence-corrected chi connectivity index (χ4v) is 8.98. The second kappa shape index (κ2) is 11.4. The second-order valence-electron chi connectivity index (χ2n) is 16.6. The van der Waals surface area contributed by atoms with Crippen molar-refractivity contribution in [3.63, 3.8) is 0 Å². The zero-order valence-electron chi connectivity index (χ0n) is 28.3. The molecule has 4 rings (SSSR count). The number of aliphatic hydroxyl groups excluding tert-OH is 1. The Bertz CT molecular complexity index is 1330. The lowest BCUT2D eigenvalue weighted by molar-refractivity contribution is -0.143. The number of carbonyl (C=O) groups is 4. The number of nitrogens with zero attached hydrogens (tertiary/aromatic N) is 2. The molecule has 2 saturated heterocycles. The molecule has 2 aliphatic carbocycles. The van der Waals surface area contributed by atoms with Gasteiger partial charge in [0.2, 0.25) is 27.7 Å². The number of sulfonamides is 1. The van der Waals surface area contributed by atoms with E-state index in [-0.39, 0.29) is 24.3 Å². The van der Waals surface area contributed by atoms with Crippen LogP contribution in [0.5, 0.6) is 0 Å². The van der Waals surface area contributed by atoms with E-state index in [1.807, 2.05) is 41.5 Å². The second-order valence-corrected chi connectivity index (χ2v) is 18.6. The molecule has 5 amide bonds. The third kappa shape index (κ3) is 6.30. The number of amides is 5. The van der Waals surface area contributed by atoms with Crippen molar-refractivity contribution in [2.75, 3.05) is 25.9 Å². The molecule has 13 nitrogen and oxygen atoms in total. The van der Waals surface area contributed by atoms with Crippen molar-refractivity contribution in [3.8, 4) is 0 Å². The topological polar surface area (TPSA) is 191 Å². The molecule has 0 radical (unpaired) electrons. The third-order valence-electron chi connectivity index (χ3n) is 11.2. The fourth-order valence-electron chi connectivity index (χ4n) is 8.07. The molecule has 2 aliphatic heterocycles. The number of nitrogens with two attached hydrogens (primary N) is 1. The number of carbonyl (C=O) groups excluding carboxylic acids is 4. The van der Waals surface area contributed by atoms with Crippen molar-refractivity contribution in [1.29, 1.82) is 0 Å². The lowest BCUT2D eigenvalue weighted by Crippen LogP contribution is -2.61. The number of hydrogen-bond acceptors (Lipinski definition) is 7. The number of urea groups is 1. The van der Waals surface area contributed by atoms with Crippen LogP contribution in [0.2, 0.25) is 0 Å². The van der Waals surface area contributed by atoms with Crippen LogP contribution < -0.4 is 21.7 Å². The Labute approximate surface area is 267 Å². The molecule has 6 N–H and O–H groups in total. The molecule has 4 aliphatic rings. The molecule has 0 aromatic carbocycles. The van der Waals surface area contributed by atoms with Gasteiger partial charge < -0.3 is 31.7 Å². The van der Waals surface area contributed by atoms with Gasteiger partial charge >= 0.3 is 6.03 Å². The summed E-state index contributed by atoms with van der Waals surface area (Å²) in [7, 11) is -3.41. The Morgan fingerprint density at radius 1 is 0.978 bits per heavy atom. The first-order valence-electron chi connectivity index (χ1n) is 16.0. The van der Waals surface area contributed by atoms with Gasteiger partial charge in [-0.3, -0.25) is 14.4 Å². The summed E-state index contributed by atoms with van der Waals surface area (Å²) in [6, 6.07) is -3.38. The van der Waals surface area contributed by atoms with Gasteiger partial charge in [-0.2, -0.15) is 0 Å². The normalized spacial score (nSPS) is 28.0. The zero-order chi connectivity index (χ0) is 34.1. The number of hydrogen-bond donors (Lipinski definition) is 5. The van der Waals surface area contributed by atoms with Crippen LogP contribution in [0.25, 0.3) is 0 Å². The third-order valence-corrected chi connectivity index (χ3v) is 12.4. The summed E-state index contributed by atoms with van der Waals surface area (Å²) in [4.78, 5) is 55.2. The summed E-state index contributed by atoms with van der Waals surface area (Å²) >= 11 is 0. The van der Waals surface area contributed by atoms with Crippen molar-refractivity contribution in [1.82, 2.24) is 25.2 Å². The Kier molecular flexibility index (Phi) is 8.94. The maximum absolute atomic E-state index is 14.5. The average Bonchev–Trinajstić information content (AvgIpc) is 3.06. The van der Waals surface area contributed by atoms with Crippen LogP contribution in [0.4, 0.5) is 4.79 Å². The van der Waals surface area contributed by atoms with Gasteiger partial charge in [-0.1, -0.05) is 53.9 Å². The lowest BCUT2D eigenvalue weighted by atomic mass is 9.79. The Balaban J connectivity index is 1.67. The molecule has 0 bridgehead atoms. The van der Waals surface area contributed by atoms with Gasteiger partial charge in [0.25, 0.3) is 0 Å². The predicted octanol–water partition coefficient (Wildman–Crippen LogP) is 0.909. The minimum atomic E-state index is -3.41. The van der Waals surface area contributed by atoms with Crippen LogP contribution in [0.15, 0.2) is 0 Å². The Morgan fingerprint density at radius 2 is 1.56 bits per heavy atom. The van der Waals surface area contributed by atoms with Crippen molar-refractivity contribution in [2.24, 2.45) is 33.3 Å². The molecule has 2 spiro atoms. The molecular formula is C31H54N6O7S. The first kappa shape index (κ1) is 35.4. The number of fused-ring (bicyclic) bond motifs is 1. The molecule has 14 heteroatoms. The quantitative estimate of drug-likeness (QED) is 0.244. The SMILES string of the molecule is CC(C)(C)NC(=O)N[C@H](C(=O)N1C[C@]2(C[C@H]1C(=O)NC(CC1CCC1)C(O)C(N)=O)C(C)(C)C21CN(S(C)(=O)=O)C1)C(C)(C)C. The monoisotopic (exact) mass is 654 g/mol. The maximum Gasteiger partial charge on any atom is 0.315 e. The van der Waals surface area contributed by atoms with Crippen LogP contribution in [-0.4, -0.2) is 102 Å².